The van der Waals surface area contributed by atoms with Crippen LogP contribution in [-0.2, 0) is 0 Å². The Morgan fingerprint density at radius 1 is 1.05 bits per heavy atom. The topological polar surface area (TPSA) is 65.4 Å². The van der Waals surface area contributed by atoms with Crippen molar-refractivity contribution in [2.24, 2.45) is 0 Å². The van der Waals surface area contributed by atoms with Crippen LogP contribution in [0.4, 0.5) is 11.9 Å². The first kappa shape index (κ1) is 12.9. The van der Waals surface area contributed by atoms with Crippen LogP contribution in [0.5, 0.6) is 0 Å². The maximum Gasteiger partial charge on any atom is 0.231 e. The van der Waals surface area contributed by atoms with Gasteiger partial charge < -0.3 is 14.9 Å². The Hall–Kier alpha value is -1.14. The minimum absolute atomic E-state index is 0.221. The van der Waals surface area contributed by atoms with E-state index in [1.807, 2.05) is 11.8 Å². The molecule has 0 amide bonds. The number of rotatable bonds is 2. The molecule has 0 radical (unpaired) electrons. The number of aromatic nitrogens is 3. The normalized spacial score (nSPS) is 27.3. The highest BCUT2D eigenvalue weighted by atomic mass is 35.5. The second-order valence-corrected chi connectivity index (χ2v) is 5.91. The summed E-state index contributed by atoms with van der Waals surface area (Å²) in [5, 5.41) is 10.2. The molecular formula is C12H18ClN5O. The molecule has 1 unspecified atom stereocenters. The van der Waals surface area contributed by atoms with Crippen molar-refractivity contribution in [3.8, 4) is 0 Å². The number of hydrogen-bond donors (Lipinski definition) is 1. The van der Waals surface area contributed by atoms with Crippen molar-refractivity contribution in [3.63, 3.8) is 0 Å². The number of β-amino-alcohol motifs (C(OH)–C–C–N with tert-alkyl or cyclic N) is 1. The fraction of sp³-hybridized carbons (Fsp3) is 0.750. The molecule has 0 bridgehead atoms. The minimum Gasteiger partial charge on any atom is -0.388 e. The molecule has 1 N–H and O–H groups in total. The zero-order valence-corrected chi connectivity index (χ0v) is 11.8. The van der Waals surface area contributed by atoms with E-state index < -0.39 is 5.60 Å². The fourth-order valence-electron chi connectivity index (χ4n) is 2.65. The molecule has 19 heavy (non-hydrogen) atoms. The van der Waals surface area contributed by atoms with Gasteiger partial charge in [0.25, 0.3) is 0 Å². The molecule has 2 fully saturated rings. The van der Waals surface area contributed by atoms with Crippen molar-refractivity contribution in [1.29, 1.82) is 0 Å². The van der Waals surface area contributed by atoms with Crippen LogP contribution in [0.15, 0.2) is 0 Å². The van der Waals surface area contributed by atoms with Crippen molar-refractivity contribution in [2.45, 2.75) is 31.8 Å². The molecule has 0 spiro atoms. The second kappa shape index (κ2) is 4.76. The first-order valence-electron chi connectivity index (χ1n) is 6.67. The highest BCUT2D eigenvalue weighted by molar-refractivity contribution is 6.28. The largest absolute Gasteiger partial charge is 0.388 e. The third-order valence-corrected chi connectivity index (χ3v) is 3.88. The lowest BCUT2D eigenvalue weighted by molar-refractivity contribution is 0.0838. The van der Waals surface area contributed by atoms with Crippen LogP contribution in [0.3, 0.4) is 0 Å². The average Bonchev–Trinajstić information content (AvgIpc) is 2.97. The number of hydrogen-bond acceptors (Lipinski definition) is 6. The van der Waals surface area contributed by atoms with Crippen LogP contribution >= 0.6 is 11.6 Å². The molecule has 3 heterocycles. The van der Waals surface area contributed by atoms with Gasteiger partial charge in [-0.2, -0.15) is 15.0 Å². The minimum atomic E-state index is -0.674. The van der Waals surface area contributed by atoms with Crippen LogP contribution < -0.4 is 9.80 Å². The number of nitrogens with zero attached hydrogens (tertiary/aromatic N) is 5. The van der Waals surface area contributed by atoms with Crippen LogP contribution in [-0.4, -0.2) is 51.8 Å². The van der Waals surface area contributed by atoms with Crippen molar-refractivity contribution in [2.75, 3.05) is 36.0 Å². The standard InChI is InChI=1S/C12H18ClN5O/c1-12(19)4-7-18(8-12)11-15-9(13)14-10(16-11)17-5-2-3-6-17/h19H,2-8H2,1H3. The van der Waals surface area contributed by atoms with Crippen LogP contribution in [0.2, 0.25) is 5.28 Å². The maximum absolute atomic E-state index is 10.0. The number of aliphatic hydroxyl groups is 1. The van der Waals surface area contributed by atoms with E-state index in [4.69, 9.17) is 11.6 Å². The molecule has 2 aliphatic rings. The zero-order valence-electron chi connectivity index (χ0n) is 11.0. The van der Waals surface area contributed by atoms with Crippen LogP contribution in [0.1, 0.15) is 26.2 Å². The van der Waals surface area contributed by atoms with E-state index in [0.717, 1.165) is 38.9 Å². The van der Waals surface area contributed by atoms with Gasteiger partial charge in [-0.05, 0) is 37.8 Å². The lowest BCUT2D eigenvalue weighted by Crippen LogP contribution is -2.31. The van der Waals surface area contributed by atoms with E-state index in [9.17, 15) is 5.11 Å². The van der Waals surface area contributed by atoms with Gasteiger partial charge in [0.1, 0.15) is 0 Å². The van der Waals surface area contributed by atoms with Crippen molar-refractivity contribution in [3.05, 3.63) is 5.28 Å². The molecule has 0 aromatic carbocycles. The molecule has 3 rings (SSSR count). The maximum atomic E-state index is 10.0. The Balaban J connectivity index is 1.85. The molecule has 104 valence electrons. The number of anilines is 2. The van der Waals surface area contributed by atoms with E-state index in [2.05, 4.69) is 19.9 Å². The first-order chi connectivity index (χ1) is 9.03. The summed E-state index contributed by atoms with van der Waals surface area (Å²) in [7, 11) is 0. The zero-order chi connectivity index (χ0) is 13.5. The summed E-state index contributed by atoms with van der Waals surface area (Å²) in [4.78, 5) is 17.0. The second-order valence-electron chi connectivity index (χ2n) is 5.57. The lowest BCUT2D eigenvalue weighted by Gasteiger charge is -2.21. The van der Waals surface area contributed by atoms with Crippen molar-refractivity contribution >= 4 is 23.5 Å². The van der Waals surface area contributed by atoms with E-state index >= 15 is 0 Å². The molecule has 1 aromatic heterocycles. The third kappa shape index (κ3) is 2.74. The predicted molar refractivity (Wildman–Crippen MR) is 73.7 cm³/mol. The van der Waals surface area contributed by atoms with Gasteiger partial charge in [0.15, 0.2) is 0 Å². The summed E-state index contributed by atoms with van der Waals surface area (Å²) in [6.07, 6.45) is 3.05. The van der Waals surface area contributed by atoms with E-state index in [1.165, 1.54) is 0 Å². The van der Waals surface area contributed by atoms with E-state index in [-0.39, 0.29) is 5.28 Å². The van der Waals surface area contributed by atoms with Crippen molar-refractivity contribution in [1.82, 2.24) is 15.0 Å². The lowest BCUT2D eigenvalue weighted by atomic mass is 10.1. The van der Waals surface area contributed by atoms with Crippen LogP contribution in [0.25, 0.3) is 0 Å². The van der Waals surface area contributed by atoms with Crippen molar-refractivity contribution < 1.29 is 5.11 Å². The number of halogens is 1. The Bertz CT molecular complexity index is 475. The molecule has 2 aliphatic heterocycles. The monoisotopic (exact) mass is 283 g/mol. The highest BCUT2D eigenvalue weighted by Crippen LogP contribution is 2.26. The van der Waals surface area contributed by atoms with Gasteiger partial charge in [0, 0.05) is 26.2 Å². The fourth-order valence-corrected chi connectivity index (χ4v) is 2.80. The first-order valence-corrected chi connectivity index (χ1v) is 7.05. The van der Waals surface area contributed by atoms with Gasteiger partial charge in [-0.3, -0.25) is 0 Å². The van der Waals surface area contributed by atoms with Gasteiger partial charge >= 0.3 is 0 Å². The van der Waals surface area contributed by atoms with Gasteiger partial charge in [0.05, 0.1) is 5.60 Å². The molecule has 2 saturated heterocycles. The third-order valence-electron chi connectivity index (χ3n) is 3.71. The van der Waals surface area contributed by atoms with Gasteiger partial charge in [-0.15, -0.1) is 0 Å². The van der Waals surface area contributed by atoms with Crippen LogP contribution in [0, 0.1) is 0 Å². The quantitative estimate of drug-likeness (QED) is 0.876. The predicted octanol–water partition coefficient (Wildman–Crippen LogP) is 1.09. The highest BCUT2D eigenvalue weighted by Gasteiger charge is 2.33. The average molecular weight is 284 g/mol. The molecule has 7 heteroatoms. The molecule has 0 aliphatic carbocycles. The van der Waals surface area contributed by atoms with Gasteiger partial charge in [-0.25, -0.2) is 0 Å². The Morgan fingerprint density at radius 2 is 1.68 bits per heavy atom. The van der Waals surface area contributed by atoms with Gasteiger partial charge in [0.2, 0.25) is 17.2 Å². The Labute approximate surface area is 117 Å². The summed E-state index contributed by atoms with van der Waals surface area (Å²) in [6.45, 7) is 5.05. The van der Waals surface area contributed by atoms with E-state index in [1.54, 1.807) is 0 Å². The summed E-state index contributed by atoms with van der Waals surface area (Å²) < 4.78 is 0. The smallest absolute Gasteiger partial charge is 0.231 e. The van der Waals surface area contributed by atoms with E-state index in [0.29, 0.717) is 18.4 Å². The van der Waals surface area contributed by atoms with Gasteiger partial charge in [-0.1, -0.05) is 0 Å². The Morgan fingerprint density at radius 3 is 2.26 bits per heavy atom. The SMILES string of the molecule is CC1(O)CCN(c2nc(Cl)nc(N3CCCC3)n2)C1. The molecule has 1 atom stereocenters. The Kier molecular flexibility index (Phi) is 3.22. The summed E-state index contributed by atoms with van der Waals surface area (Å²) in [6, 6.07) is 0. The summed E-state index contributed by atoms with van der Waals surface area (Å²) in [5.74, 6) is 1.22. The molecule has 1 aromatic rings. The molecule has 0 saturated carbocycles. The molecular weight excluding hydrogens is 266 g/mol. The molecule has 6 nitrogen and oxygen atoms in total. The summed E-state index contributed by atoms with van der Waals surface area (Å²) in [5.41, 5.74) is -0.674. The summed E-state index contributed by atoms with van der Waals surface area (Å²) >= 11 is 6.00.